The first-order valence-electron chi connectivity index (χ1n) is 8.50. The number of nitrogens with two attached hydrogens (primary N) is 1. The molecule has 9 heteroatoms. The molecule has 0 fully saturated rings. The Balaban J connectivity index is 1.73. The molecule has 0 saturated heterocycles. The number of benzene rings is 1. The van der Waals surface area contributed by atoms with Gasteiger partial charge in [0.2, 0.25) is 0 Å². The van der Waals surface area contributed by atoms with Crippen LogP contribution in [-0.2, 0) is 0 Å². The lowest BCUT2D eigenvalue weighted by atomic mass is 10.1. The van der Waals surface area contributed by atoms with Crippen LogP contribution in [0.5, 0.6) is 0 Å². The fourth-order valence-electron chi connectivity index (χ4n) is 2.81. The fourth-order valence-corrected chi connectivity index (χ4v) is 3.84. The average molecular weight is 388 g/mol. The minimum Gasteiger partial charge on any atom is -0.382 e. The molecule has 8 nitrogen and oxygen atoms in total. The van der Waals surface area contributed by atoms with Crippen LogP contribution in [0.3, 0.4) is 0 Å². The van der Waals surface area contributed by atoms with E-state index in [-0.39, 0.29) is 17.4 Å². The van der Waals surface area contributed by atoms with Crippen LogP contribution in [0.4, 0.5) is 17.3 Å². The summed E-state index contributed by atoms with van der Waals surface area (Å²) in [7, 11) is 0. The van der Waals surface area contributed by atoms with Crippen LogP contribution >= 0.6 is 11.9 Å². The van der Waals surface area contributed by atoms with E-state index in [4.69, 9.17) is 5.73 Å². The predicted molar refractivity (Wildman–Crippen MR) is 109 cm³/mol. The van der Waals surface area contributed by atoms with Crippen LogP contribution in [0, 0.1) is 11.3 Å². The largest absolute Gasteiger partial charge is 0.382 e. The summed E-state index contributed by atoms with van der Waals surface area (Å²) in [5.41, 5.74) is 8.79. The normalized spacial score (nSPS) is 13.9. The molecule has 2 aromatic heterocycles. The van der Waals surface area contributed by atoms with Crippen molar-refractivity contribution in [3.05, 3.63) is 66.0 Å². The smallest absolute Gasteiger partial charge is 0.150 e. The van der Waals surface area contributed by atoms with E-state index in [1.807, 2.05) is 43.3 Å². The van der Waals surface area contributed by atoms with Gasteiger partial charge in [-0.15, -0.1) is 0 Å². The zero-order chi connectivity index (χ0) is 19.5. The lowest BCUT2D eigenvalue weighted by Crippen LogP contribution is -2.31. The Bertz CT molecular complexity index is 1080. The van der Waals surface area contributed by atoms with Crippen molar-refractivity contribution in [1.29, 1.82) is 5.26 Å². The molecular weight excluding hydrogens is 372 g/mol. The summed E-state index contributed by atoms with van der Waals surface area (Å²) < 4.78 is 2.09. The number of nitrogens with one attached hydrogen (secondary N) is 1. The van der Waals surface area contributed by atoms with Crippen LogP contribution < -0.4 is 15.4 Å². The molecule has 1 aliphatic rings. The van der Waals surface area contributed by atoms with Gasteiger partial charge in [0.15, 0.2) is 0 Å². The highest BCUT2D eigenvalue weighted by Gasteiger charge is 2.27. The number of nitrogen functional groups attached to an aromatic ring is 1. The quantitative estimate of drug-likeness (QED) is 0.650. The van der Waals surface area contributed by atoms with Gasteiger partial charge in [-0.05, 0) is 25.1 Å². The maximum absolute atomic E-state index is 9.39. The van der Waals surface area contributed by atoms with E-state index in [1.165, 1.54) is 18.3 Å². The molecule has 3 heterocycles. The number of aromatic nitrogens is 4. The second-order valence-electron chi connectivity index (χ2n) is 6.00. The predicted octanol–water partition coefficient (Wildman–Crippen LogP) is 3.09. The second-order valence-corrected chi connectivity index (χ2v) is 6.93. The van der Waals surface area contributed by atoms with Gasteiger partial charge in [-0.1, -0.05) is 18.2 Å². The Morgan fingerprint density at radius 1 is 1.14 bits per heavy atom. The topological polar surface area (TPSA) is 117 Å². The molecular formula is C19H16N8S. The Morgan fingerprint density at radius 2 is 1.93 bits per heavy atom. The molecule has 1 aliphatic heterocycles. The number of para-hydroxylation sites is 1. The zero-order valence-corrected chi connectivity index (χ0v) is 15.8. The van der Waals surface area contributed by atoms with E-state index in [2.05, 4.69) is 35.6 Å². The molecule has 0 unspecified atom stereocenters. The van der Waals surface area contributed by atoms with Crippen LogP contribution in [-0.4, -0.2) is 26.0 Å². The lowest BCUT2D eigenvalue weighted by molar-refractivity contribution is 0.888. The SMILES string of the molecule is C[C@H](Nc1ncnc(N)c1C#N)C1=Cc2nccnc2SN1c1ccccc1. The Kier molecular flexibility index (Phi) is 4.78. The molecule has 4 rings (SSSR count). The molecule has 28 heavy (non-hydrogen) atoms. The molecule has 3 aromatic rings. The molecule has 3 N–H and O–H groups in total. The van der Waals surface area contributed by atoms with Crippen molar-refractivity contribution in [2.75, 3.05) is 15.4 Å². The summed E-state index contributed by atoms with van der Waals surface area (Å²) in [6, 6.07) is 11.9. The lowest BCUT2D eigenvalue weighted by Gasteiger charge is -2.33. The van der Waals surface area contributed by atoms with Gasteiger partial charge in [0.1, 0.15) is 34.6 Å². The highest BCUT2D eigenvalue weighted by Crippen LogP contribution is 2.39. The summed E-state index contributed by atoms with van der Waals surface area (Å²) in [4.78, 5) is 16.9. The zero-order valence-electron chi connectivity index (χ0n) is 14.9. The van der Waals surface area contributed by atoms with Crippen molar-refractivity contribution in [3.8, 4) is 6.07 Å². The fraction of sp³-hybridized carbons (Fsp3) is 0.105. The number of hydrogen-bond acceptors (Lipinski definition) is 9. The van der Waals surface area contributed by atoms with E-state index in [0.717, 1.165) is 22.1 Å². The van der Waals surface area contributed by atoms with Gasteiger partial charge in [-0.3, -0.25) is 9.29 Å². The third kappa shape index (κ3) is 3.33. The van der Waals surface area contributed by atoms with E-state index in [9.17, 15) is 5.26 Å². The number of fused-ring (bicyclic) bond motifs is 1. The first-order chi connectivity index (χ1) is 13.7. The second kappa shape index (κ2) is 7.54. The van der Waals surface area contributed by atoms with Gasteiger partial charge in [-0.2, -0.15) is 5.26 Å². The van der Waals surface area contributed by atoms with E-state index in [0.29, 0.717) is 5.82 Å². The van der Waals surface area contributed by atoms with E-state index in [1.54, 1.807) is 12.4 Å². The maximum atomic E-state index is 9.39. The van der Waals surface area contributed by atoms with Crippen molar-refractivity contribution in [3.63, 3.8) is 0 Å². The van der Waals surface area contributed by atoms with Crippen molar-refractivity contribution in [2.24, 2.45) is 0 Å². The van der Waals surface area contributed by atoms with E-state index >= 15 is 0 Å². The highest BCUT2D eigenvalue weighted by atomic mass is 32.2. The number of rotatable bonds is 4. The van der Waals surface area contributed by atoms with Gasteiger partial charge in [0.25, 0.3) is 0 Å². The molecule has 138 valence electrons. The number of hydrogen-bond donors (Lipinski definition) is 2. The van der Waals surface area contributed by atoms with Crippen molar-refractivity contribution in [2.45, 2.75) is 18.0 Å². The molecule has 0 amide bonds. The Labute approximate surface area is 166 Å². The van der Waals surface area contributed by atoms with Crippen molar-refractivity contribution >= 4 is 35.3 Å². The third-order valence-corrected chi connectivity index (χ3v) is 5.26. The van der Waals surface area contributed by atoms with Crippen LogP contribution in [0.1, 0.15) is 18.2 Å². The molecule has 0 radical (unpaired) electrons. The Hall–Kier alpha value is -3.64. The average Bonchev–Trinajstić information content (AvgIpc) is 2.73. The summed E-state index contributed by atoms with van der Waals surface area (Å²) in [5, 5.41) is 13.5. The first kappa shape index (κ1) is 17.8. The highest BCUT2D eigenvalue weighted by molar-refractivity contribution is 8.00. The van der Waals surface area contributed by atoms with Gasteiger partial charge < -0.3 is 11.1 Å². The van der Waals surface area contributed by atoms with Crippen LogP contribution in [0.15, 0.2) is 59.8 Å². The monoisotopic (exact) mass is 388 g/mol. The van der Waals surface area contributed by atoms with Gasteiger partial charge in [0.05, 0.1) is 23.1 Å². The molecule has 1 aromatic carbocycles. The van der Waals surface area contributed by atoms with E-state index < -0.39 is 0 Å². The van der Waals surface area contributed by atoms with Crippen molar-refractivity contribution < 1.29 is 0 Å². The summed E-state index contributed by atoms with van der Waals surface area (Å²) >= 11 is 1.50. The molecule has 1 atom stereocenters. The number of anilines is 3. The number of nitrogens with zero attached hydrogens (tertiary/aromatic N) is 6. The summed E-state index contributed by atoms with van der Waals surface area (Å²) in [5.74, 6) is 0.543. The van der Waals surface area contributed by atoms with Gasteiger partial charge in [-0.25, -0.2) is 15.0 Å². The van der Waals surface area contributed by atoms with Gasteiger partial charge >= 0.3 is 0 Å². The minimum atomic E-state index is -0.190. The third-order valence-electron chi connectivity index (χ3n) is 4.16. The summed E-state index contributed by atoms with van der Waals surface area (Å²) in [6.45, 7) is 1.99. The first-order valence-corrected chi connectivity index (χ1v) is 9.27. The molecule has 0 spiro atoms. The standard InChI is InChI=1S/C19H16N8S/c1-12(26-18-14(10-20)17(21)24-11-25-18)16-9-15-19(23-8-7-22-15)28-27(16)13-5-3-2-4-6-13/h2-9,11-12H,1H3,(H3,21,24,25,26)/t12-/m0/s1. The Morgan fingerprint density at radius 3 is 2.71 bits per heavy atom. The molecule has 0 saturated carbocycles. The van der Waals surface area contributed by atoms with Crippen LogP contribution in [0.2, 0.25) is 0 Å². The maximum Gasteiger partial charge on any atom is 0.150 e. The van der Waals surface area contributed by atoms with Gasteiger partial charge in [0, 0.05) is 24.3 Å². The molecule has 0 aliphatic carbocycles. The van der Waals surface area contributed by atoms with Crippen molar-refractivity contribution in [1.82, 2.24) is 19.9 Å². The minimum absolute atomic E-state index is 0.148. The molecule has 0 bridgehead atoms. The number of nitriles is 1. The summed E-state index contributed by atoms with van der Waals surface area (Å²) in [6.07, 6.45) is 6.67. The van der Waals surface area contributed by atoms with Crippen LogP contribution in [0.25, 0.3) is 6.08 Å².